The van der Waals surface area contributed by atoms with Crippen molar-refractivity contribution in [3.8, 4) is 0 Å². The molecule has 2 aliphatic rings. The number of rotatable bonds is 18. The third-order valence-electron chi connectivity index (χ3n) is 6.74. The maximum Gasteiger partial charge on any atom is 0.104 e. The summed E-state index contributed by atoms with van der Waals surface area (Å²) in [4.78, 5) is 0. The minimum Gasteiger partial charge on any atom is -0.502 e. The Morgan fingerprint density at radius 3 is 2.21 bits per heavy atom. The summed E-state index contributed by atoms with van der Waals surface area (Å²) in [5.41, 5.74) is 0.124. The number of ether oxygens (including phenoxy) is 3. The molecular formula is C25H46O3. The lowest BCUT2D eigenvalue weighted by Crippen LogP contribution is -2.43. The average Bonchev–Trinajstić information content (AvgIpc) is 3.56. The SMILES string of the molecule is C=COCCCCCCCCC(CCCCC)(OCC1CO1)C1CCCCC1. The molecule has 2 rings (SSSR count). The van der Waals surface area contributed by atoms with Crippen LogP contribution < -0.4 is 0 Å². The first kappa shape index (κ1) is 23.7. The Balaban J connectivity index is 1.79. The minimum absolute atomic E-state index is 0.124. The Hall–Kier alpha value is -0.540. The molecule has 0 bridgehead atoms. The summed E-state index contributed by atoms with van der Waals surface area (Å²) in [5, 5.41) is 0. The van der Waals surface area contributed by atoms with Gasteiger partial charge in [0, 0.05) is 0 Å². The van der Waals surface area contributed by atoms with Crippen LogP contribution in [-0.2, 0) is 14.2 Å². The predicted octanol–water partition coefficient (Wildman–Crippen LogP) is 7.19. The molecule has 0 spiro atoms. The second-order valence-electron chi connectivity index (χ2n) is 9.03. The Bertz CT molecular complexity index is 387. The van der Waals surface area contributed by atoms with Gasteiger partial charge in [-0.2, -0.15) is 0 Å². The third-order valence-corrected chi connectivity index (χ3v) is 6.74. The highest BCUT2D eigenvalue weighted by Crippen LogP contribution is 2.42. The molecule has 2 unspecified atom stereocenters. The largest absolute Gasteiger partial charge is 0.502 e. The molecule has 1 aliphatic carbocycles. The molecule has 1 saturated heterocycles. The lowest BCUT2D eigenvalue weighted by molar-refractivity contribution is -0.114. The maximum absolute atomic E-state index is 6.76. The summed E-state index contributed by atoms with van der Waals surface area (Å²) in [6, 6.07) is 0. The second kappa shape index (κ2) is 14.4. The Labute approximate surface area is 174 Å². The van der Waals surface area contributed by atoms with E-state index in [9.17, 15) is 0 Å². The van der Waals surface area contributed by atoms with Gasteiger partial charge in [0.25, 0.3) is 0 Å². The third kappa shape index (κ3) is 9.31. The molecule has 28 heavy (non-hydrogen) atoms. The van der Waals surface area contributed by atoms with Gasteiger partial charge in [-0.05, 0) is 38.0 Å². The molecule has 1 aliphatic heterocycles. The van der Waals surface area contributed by atoms with E-state index < -0.39 is 0 Å². The van der Waals surface area contributed by atoms with Crippen LogP contribution in [0.4, 0.5) is 0 Å². The highest BCUT2D eigenvalue weighted by atomic mass is 16.6. The van der Waals surface area contributed by atoms with Gasteiger partial charge in [-0.1, -0.05) is 84.1 Å². The van der Waals surface area contributed by atoms with Crippen LogP contribution in [0.15, 0.2) is 12.8 Å². The summed E-state index contributed by atoms with van der Waals surface area (Å²) >= 11 is 0. The fourth-order valence-corrected chi connectivity index (χ4v) is 4.92. The summed E-state index contributed by atoms with van der Waals surface area (Å²) < 4.78 is 17.4. The van der Waals surface area contributed by atoms with Crippen molar-refractivity contribution >= 4 is 0 Å². The van der Waals surface area contributed by atoms with Gasteiger partial charge in [-0.15, -0.1) is 0 Å². The van der Waals surface area contributed by atoms with Crippen molar-refractivity contribution in [2.75, 3.05) is 19.8 Å². The first-order valence-corrected chi connectivity index (χ1v) is 12.3. The smallest absolute Gasteiger partial charge is 0.104 e. The molecule has 3 nitrogen and oxygen atoms in total. The van der Waals surface area contributed by atoms with Gasteiger partial charge in [-0.25, -0.2) is 0 Å². The maximum atomic E-state index is 6.76. The van der Waals surface area contributed by atoms with E-state index in [0.717, 1.165) is 32.2 Å². The van der Waals surface area contributed by atoms with Gasteiger partial charge < -0.3 is 14.2 Å². The number of epoxide rings is 1. The lowest BCUT2D eigenvalue weighted by atomic mass is 9.71. The Kier molecular flexibility index (Phi) is 12.2. The van der Waals surface area contributed by atoms with Gasteiger partial charge in [-0.3, -0.25) is 0 Å². The molecule has 0 radical (unpaired) electrons. The van der Waals surface area contributed by atoms with Crippen LogP contribution in [0.3, 0.4) is 0 Å². The van der Waals surface area contributed by atoms with Crippen molar-refractivity contribution in [3.63, 3.8) is 0 Å². The molecule has 0 N–H and O–H groups in total. The molecule has 164 valence electrons. The zero-order valence-electron chi connectivity index (χ0n) is 18.6. The standard InChI is InChI=1S/C25H46O3/c1-3-5-13-18-25(28-22-24-21-27-24,23-16-11-10-12-17-23)19-14-8-6-7-9-15-20-26-4-2/h4,23-24H,2-3,5-22H2,1H3. The minimum atomic E-state index is 0.124. The summed E-state index contributed by atoms with van der Waals surface area (Å²) in [7, 11) is 0. The highest BCUT2D eigenvalue weighted by molar-refractivity contribution is 4.91. The molecule has 3 heteroatoms. The van der Waals surface area contributed by atoms with Gasteiger partial charge in [0.05, 0.1) is 31.7 Å². The van der Waals surface area contributed by atoms with E-state index in [1.54, 1.807) is 6.26 Å². The average molecular weight is 395 g/mol. The van der Waals surface area contributed by atoms with Crippen molar-refractivity contribution in [1.29, 1.82) is 0 Å². The van der Waals surface area contributed by atoms with Crippen LogP contribution in [0.25, 0.3) is 0 Å². The summed E-state index contributed by atoms with van der Waals surface area (Å²) in [6.07, 6.45) is 23.1. The molecule has 0 aromatic rings. The van der Waals surface area contributed by atoms with Crippen LogP contribution >= 0.6 is 0 Å². The first-order valence-electron chi connectivity index (χ1n) is 12.3. The quantitative estimate of drug-likeness (QED) is 0.140. The van der Waals surface area contributed by atoms with Crippen LogP contribution in [0.1, 0.15) is 110 Å². The van der Waals surface area contributed by atoms with Crippen LogP contribution in [0.5, 0.6) is 0 Å². The van der Waals surface area contributed by atoms with Crippen LogP contribution in [-0.4, -0.2) is 31.5 Å². The lowest BCUT2D eigenvalue weighted by Gasteiger charge is -2.43. The molecule has 1 heterocycles. The van der Waals surface area contributed by atoms with Crippen molar-refractivity contribution in [1.82, 2.24) is 0 Å². The molecule has 1 saturated carbocycles. The van der Waals surface area contributed by atoms with E-state index in [1.165, 1.54) is 96.3 Å². The molecule has 0 aromatic carbocycles. The molecular weight excluding hydrogens is 348 g/mol. The molecule has 2 fully saturated rings. The number of unbranched alkanes of at least 4 members (excludes halogenated alkanes) is 7. The van der Waals surface area contributed by atoms with E-state index in [2.05, 4.69) is 13.5 Å². The van der Waals surface area contributed by atoms with Crippen molar-refractivity contribution in [3.05, 3.63) is 12.8 Å². The van der Waals surface area contributed by atoms with E-state index in [4.69, 9.17) is 14.2 Å². The first-order chi connectivity index (χ1) is 13.8. The van der Waals surface area contributed by atoms with Gasteiger partial charge in [0.2, 0.25) is 0 Å². The Morgan fingerprint density at radius 1 is 0.929 bits per heavy atom. The topological polar surface area (TPSA) is 31.0 Å². The predicted molar refractivity (Wildman–Crippen MR) is 118 cm³/mol. The van der Waals surface area contributed by atoms with Gasteiger partial charge in [0.1, 0.15) is 6.10 Å². The number of hydrogen-bond donors (Lipinski definition) is 0. The zero-order valence-corrected chi connectivity index (χ0v) is 18.6. The normalized spacial score (nSPS) is 22.0. The monoisotopic (exact) mass is 394 g/mol. The van der Waals surface area contributed by atoms with Crippen LogP contribution in [0.2, 0.25) is 0 Å². The molecule has 0 amide bonds. The van der Waals surface area contributed by atoms with Crippen molar-refractivity contribution in [2.45, 2.75) is 121 Å². The number of hydrogen-bond acceptors (Lipinski definition) is 3. The highest BCUT2D eigenvalue weighted by Gasteiger charge is 2.40. The van der Waals surface area contributed by atoms with E-state index >= 15 is 0 Å². The van der Waals surface area contributed by atoms with Crippen molar-refractivity contribution < 1.29 is 14.2 Å². The summed E-state index contributed by atoms with van der Waals surface area (Å²) in [5.74, 6) is 0.771. The second-order valence-corrected chi connectivity index (χ2v) is 9.03. The van der Waals surface area contributed by atoms with Gasteiger partial charge >= 0.3 is 0 Å². The summed E-state index contributed by atoms with van der Waals surface area (Å²) in [6.45, 7) is 8.46. The molecule has 0 aromatic heterocycles. The van der Waals surface area contributed by atoms with E-state index in [1.807, 2.05) is 0 Å². The fraction of sp³-hybridized carbons (Fsp3) is 0.920. The van der Waals surface area contributed by atoms with Gasteiger partial charge in [0.15, 0.2) is 0 Å². The fourth-order valence-electron chi connectivity index (χ4n) is 4.92. The van der Waals surface area contributed by atoms with E-state index in [0.29, 0.717) is 6.10 Å². The Morgan fingerprint density at radius 2 is 1.57 bits per heavy atom. The molecule has 2 atom stereocenters. The van der Waals surface area contributed by atoms with Crippen molar-refractivity contribution in [2.24, 2.45) is 5.92 Å². The van der Waals surface area contributed by atoms with E-state index in [-0.39, 0.29) is 5.60 Å². The zero-order chi connectivity index (χ0) is 19.9. The van der Waals surface area contributed by atoms with Crippen LogP contribution in [0, 0.1) is 5.92 Å².